The lowest BCUT2D eigenvalue weighted by Gasteiger charge is -2.19. The minimum Gasteiger partial charge on any atom is -0.347 e. The average Bonchev–Trinajstić information content (AvgIpc) is 2.52. The van der Waals surface area contributed by atoms with Crippen LogP contribution >= 0.6 is 0 Å². The number of aromatic nitrogens is 2. The Balaban J connectivity index is 2.01. The van der Waals surface area contributed by atoms with Gasteiger partial charge in [0, 0.05) is 25.9 Å². The average molecular weight is 312 g/mol. The molecule has 0 fully saturated rings. The number of carbonyl (C=O) groups is 1. The van der Waals surface area contributed by atoms with E-state index >= 15 is 0 Å². The summed E-state index contributed by atoms with van der Waals surface area (Å²) in [6.07, 6.45) is 1.70. The van der Waals surface area contributed by atoms with Crippen molar-refractivity contribution in [3.63, 3.8) is 0 Å². The normalized spacial score (nSPS) is 11.2. The van der Waals surface area contributed by atoms with Gasteiger partial charge in [-0.2, -0.15) is 0 Å². The van der Waals surface area contributed by atoms with Crippen molar-refractivity contribution in [3.05, 3.63) is 53.3 Å². The molecule has 0 unspecified atom stereocenters. The molecule has 5 heteroatoms. The maximum absolute atomic E-state index is 12.2. The molecule has 122 valence electrons. The molecule has 0 radical (unpaired) electrons. The molecule has 23 heavy (non-hydrogen) atoms. The van der Waals surface area contributed by atoms with E-state index in [9.17, 15) is 4.79 Å². The zero-order valence-electron chi connectivity index (χ0n) is 14.4. The van der Waals surface area contributed by atoms with Crippen LogP contribution in [0.1, 0.15) is 42.4 Å². The van der Waals surface area contributed by atoms with Gasteiger partial charge in [-0.1, -0.05) is 32.9 Å². The summed E-state index contributed by atoms with van der Waals surface area (Å²) in [7, 11) is 3.77. The number of carbonyl (C=O) groups excluding carboxylic acids is 1. The van der Waals surface area contributed by atoms with E-state index in [0.29, 0.717) is 18.1 Å². The van der Waals surface area contributed by atoms with E-state index in [1.165, 1.54) is 5.56 Å². The molecule has 1 aromatic carbocycles. The van der Waals surface area contributed by atoms with E-state index in [-0.39, 0.29) is 11.3 Å². The molecular weight excluding hydrogens is 288 g/mol. The lowest BCUT2D eigenvalue weighted by molar-refractivity contribution is 0.0950. The summed E-state index contributed by atoms with van der Waals surface area (Å²) in [5, 5.41) is 2.89. The molecule has 0 aliphatic heterocycles. The number of hydrogen-bond acceptors (Lipinski definition) is 4. The summed E-state index contributed by atoms with van der Waals surface area (Å²) in [5.74, 6) is 0.529. The monoisotopic (exact) mass is 312 g/mol. The highest BCUT2D eigenvalue weighted by molar-refractivity contribution is 5.94. The molecule has 2 rings (SSSR count). The number of anilines is 1. The molecule has 0 saturated heterocycles. The predicted octanol–water partition coefficient (Wildman–Crippen LogP) is 2.77. The Morgan fingerprint density at radius 2 is 1.78 bits per heavy atom. The van der Waals surface area contributed by atoms with Crippen LogP contribution < -0.4 is 10.2 Å². The van der Waals surface area contributed by atoms with Crippen LogP contribution in [0.5, 0.6) is 0 Å². The maximum atomic E-state index is 12.2. The van der Waals surface area contributed by atoms with Gasteiger partial charge in [0.1, 0.15) is 0 Å². The highest BCUT2D eigenvalue weighted by Gasteiger charge is 2.14. The SMILES string of the molecule is CN(C)c1nccc(CNC(=O)c2ccc(C(C)(C)C)cc2)n1. The van der Waals surface area contributed by atoms with Gasteiger partial charge in [-0.25, -0.2) is 9.97 Å². The fourth-order valence-corrected chi connectivity index (χ4v) is 2.09. The first-order chi connectivity index (χ1) is 10.8. The van der Waals surface area contributed by atoms with E-state index in [0.717, 1.165) is 5.69 Å². The lowest BCUT2D eigenvalue weighted by atomic mass is 9.87. The number of hydrogen-bond donors (Lipinski definition) is 1. The highest BCUT2D eigenvalue weighted by Crippen LogP contribution is 2.22. The Morgan fingerprint density at radius 3 is 2.35 bits per heavy atom. The van der Waals surface area contributed by atoms with E-state index < -0.39 is 0 Å². The fraction of sp³-hybridized carbons (Fsp3) is 0.389. The number of nitrogens with one attached hydrogen (secondary N) is 1. The van der Waals surface area contributed by atoms with Crippen molar-refractivity contribution in [1.82, 2.24) is 15.3 Å². The van der Waals surface area contributed by atoms with Gasteiger partial charge in [0.25, 0.3) is 5.91 Å². The third-order valence-corrected chi connectivity index (χ3v) is 3.54. The Bertz CT molecular complexity index is 672. The van der Waals surface area contributed by atoms with Crippen LogP contribution in [-0.4, -0.2) is 30.0 Å². The van der Waals surface area contributed by atoms with Crippen LogP contribution in [0, 0.1) is 0 Å². The second kappa shape index (κ2) is 6.77. The van der Waals surface area contributed by atoms with Crippen molar-refractivity contribution in [3.8, 4) is 0 Å². The molecule has 0 spiro atoms. The number of benzene rings is 1. The van der Waals surface area contributed by atoms with Gasteiger partial charge in [-0.3, -0.25) is 4.79 Å². The van der Waals surface area contributed by atoms with E-state index in [1.54, 1.807) is 12.3 Å². The standard InChI is InChI=1S/C18H24N4O/c1-18(2,3)14-8-6-13(7-9-14)16(23)20-12-15-10-11-19-17(21-15)22(4)5/h6-11H,12H2,1-5H3,(H,20,23). The zero-order valence-corrected chi connectivity index (χ0v) is 14.4. The Morgan fingerprint density at radius 1 is 1.13 bits per heavy atom. The number of amides is 1. The maximum Gasteiger partial charge on any atom is 0.251 e. The van der Waals surface area contributed by atoms with Gasteiger partial charge in [-0.05, 0) is 29.2 Å². The molecule has 5 nitrogen and oxygen atoms in total. The molecule has 0 aliphatic rings. The first kappa shape index (κ1) is 16.9. The highest BCUT2D eigenvalue weighted by atomic mass is 16.1. The summed E-state index contributed by atoms with van der Waals surface area (Å²) in [5.41, 5.74) is 2.72. The van der Waals surface area contributed by atoms with Crippen molar-refractivity contribution in [2.75, 3.05) is 19.0 Å². The minimum atomic E-state index is -0.101. The van der Waals surface area contributed by atoms with Gasteiger partial charge in [0.05, 0.1) is 12.2 Å². The topological polar surface area (TPSA) is 58.1 Å². The largest absolute Gasteiger partial charge is 0.347 e. The van der Waals surface area contributed by atoms with E-state index in [1.807, 2.05) is 43.3 Å². The lowest BCUT2D eigenvalue weighted by Crippen LogP contribution is -2.24. The minimum absolute atomic E-state index is 0.0819. The molecule has 1 aromatic heterocycles. The van der Waals surface area contributed by atoms with Gasteiger partial charge in [0.15, 0.2) is 0 Å². The summed E-state index contributed by atoms with van der Waals surface area (Å²) in [4.78, 5) is 22.6. The Labute approximate surface area is 137 Å². The van der Waals surface area contributed by atoms with Crippen LogP contribution in [0.3, 0.4) is 0 Å². The van der Waals surface area contributed by atoms with Crippen molar-refractivity contribution in [1.29, 1.82) is 0 Å². The van der Waals surface area contributed by atoms with Crippen molar-refractivity contribution in [2.24, 2.45) is 0 Å². The molecule has 0 bridgehead atoms. The number of rotatable bonds is 4. The second-order valence-electron chi connectivity index (χ2n) is 6.75. The van der Waals surface area contributed by atoms with Crippen molar-refractivity contribution >= 4 is 11.9 Å². The Hall–Kier alpha value is -2.43. The molecule has 0 atom stereocenters. The zero-order chi connectivity index (χ0) is 17.0. The van der Waals surface area contributed by atoms with Gasteiger partial charge in [0.2, 0.25) is 5.95 Å². The van der Waals surface area contributed by atoms with Gasteiger partial charge >= 0.3 is 0 Å². The third-order valence-electron chi connectivity index (χ3n) is 3.54. The smallest absolute Gasteiger partial charge is 0.251 e. The summed E-state index contributed by atoms with van der Waals surface area (Å²) < 4.78 is 0. The van der Waals surface area contributed by atoms with Crippen LogP contribution in [-0.2, 0) is 12.0 Å². The van der Waals surface area contributed by atoms with Crippen molar-refractivity contribution in [2.45, 2.75) is 32.7 Å². The predicted molar refractivity (Wildman–Crippen MR) is 92.7 cm³/mol. The van der Waals surface area contributed by atoms with Crippen molar-refractivity contribution < 1.29 is 4.79 Å². The third kappa shape index (κ3) is 4.52. The van der Waals surface area contributed by atoms with E-state index in [4.69, 9.17) is 0 Å². The molecule has 0 saturated carbocycles. The fourth-order valence-electron chi connectivity index (χ4n) is 2.09. The van der Waals surface area contributed by atoms with E-state index in [2.05, 4.69) is 36.1 Å². The molecule has 2 aromatic rings. The van der Waals surface area contributed by atoms with Gasteiger partial charge < -0.3 is 10.2 Å². The first-order valence-corrected chi connectivity index (χ1v) is 7.65. The van der Waals surface area contributed by atoms with Crippen LogP contribution in [0.25, 0.3) is 0 Å². The van der Waals surface area contributed by atoms with Gasteiger partial charge in [-0.15, -0.1) is 0 Å². The van der Waals surface area contributed by atoms with Crippen LogP contribution in [0.4, 0.5) is 5.95 Å². The molecule has 0 aliphatic carbocycles. The van der Waals surface area contributed by atoms with Crippen LogP contribution in [0.2, 0.25) is 0 Å². The first-order valence-electron chi connectivity index (χ1n) is 7.65. The molecule has 1 heterocycles. The number of nitrogens with zero attached hydrogens (tertiary/aromatic N) is 3. The summed E-state index contributed by atoms with van der Waals surface area (Å²) >= 11 is 0. The van der Waals surface area contributed by atoms with Crippen LogP contribution in [0.15, 0.2) is 36.5 Å². The quantitative estimate of drug-likeness (QED) is 0.943. The molecule has 1 amide bonds. The Kier molecular flexibility index (Phi) is 4.98. The molecular formula is C18H24N4O. The summed E-state index contributed by atoms with van der Waals surface area (Å²) in [6.45, 7) is 6.84. The second-order valence-corrected chi connectivity index (χ2v) is 6.75. The summed E-state index contributed by atoms with van der Waals surface area (Å²) in [6, 6.07) is 9.53. The molecule has 1 N–H and O–H groups in total.